The first-order chi connectivity index (χ1) is 10.6. The molecule has 5 aliphatic rings. The number of hydrogen-bond acceptors (Lipinski definition) is 3. The Morgan fingerprint density at radius 2 is 1.62 bits per heavy atom. The summed E-state index contributed by atoms with van der Waals surface area (Å²) in [7, 11) is 0. The van der Waals surface area contributed by atoms with E-state index in [1.165, 1.54) is 83.8 Å². The van der Waals surface area contributed by atoms with Gasteiger partial charge in [-0.15, -0.1) is 24.8 Å². The second-order valence-corrected chi connectivity index (χ2v) is 9.42. The van der Waals surface area contributed by atoms with E-state index in [0.29, 0.717) is 16.9 Å². The maximum Gasteiger partial charge on any atom is 0.00702 e. The minimum Gasteiger partial charge on any atom is -0.330 e. The highest BCUT2D eigenvalue weighted by atomic mass is 35.5. The molecule has 1 aliphatic heterocycles. The Kier molecular flexibility index (Phi) is 6.92. The summed E-state index contributed by atoms with van der Waals surface area (Å²) in [5.41, 5.74) is 13.7. The van der Waals surface area contributed by atoms with E-state index in [4.69, 9.17) is 11.5 Å². The van der Waals surface area contributed by atoms with Crippen LogP contribution in [0.3, 0.4) is 0 Å². The Bertz CT molecular complexity index is 392. The van der Waals surface area contributed by atoms with Gasteiger partial charge in [-0.05, 0) is 87.1 Å². The van der Waals surface area contributed by atoms with E-state index in [9.17, 15) is 0 Å². The van der Waals surface area contributed by atoms with Crippen molar-refractivity contribution in [3.8, 4) is 0 Å². The Labute approximate surface area is 160 Å². The SMILES string of the molecule is Cl.Cl.NCC12CC(CN3CCCC(CC(N)C4CCCC4)C3)(C1)C2. The van der Waals surface area contributed by atoms with Gasteiger partial charge in [-0.3, -0.25) is 0 Å². The smallest absolute Gasteiger partial charge is 0.00702 e. The molecule has 1 saturated heterocycles. The molecule has 2 unspecified atom stereocenters. The Morgan fingerprint density at radius 1 is 0.958 bits per heavy atom. The Hall–Kier alpha value is 0.460. The number of halogens is 2. The van der Waals surface area contributed by atoms with Gasteiger partial charge in [-0.25, -0.2) is 0 Å². The highest BCUT2D eigenvalue weighted by Crippen LogP contribution is 2.72. The highest BCUT2D eigenvalue weighted by Gasteiger charge is 2.66. The molecule has 142 valence electrons. The lowest BCUT2D eigenvalue weighted by Crippen LogP contribution is -2.68. The van der Waals surface area contributed by atoms with Crippen LogP contribution in [0.5, 0.6) is 0 Å². The molecular weight excluding hydrogens is 341 g/mol. The van der Waals surface area contributed by atoms with Gasteiger partial charge in [-0.1, -0.05) is 12.8 Å². The molecule has 4 N–H and O–H groups in total. The minimum atomic E-state index is 0. The molecule has 5 fully saturated rings. The molecular formula is C19H37Cl2N3. The molecule has 0 radical (unpaired) electrons. The van der Waals surface area contributed by atoms with Crippen molar-refractivity contribution in [1.29, 1.82) is 0 Å². The number of likely N-dealkylation sites (tertiary alicyclic amines) is 1. The topological polar surface area (TPSA) is 55.3 Å². The van der Waals surface area contributed by atoms with Crippen LogP contribution in [0.1, 0.15) is 64.2 Å². The zero-order valence-corrected chi connectivity index (χ0v) is 16.7. The summed E-state index contributed by atoms with van der Waals surface area (Å²) in [4.78, 5) is 2.77. The molecule has 4 aliphatic carbocycles. The van der Waals surface area contributed by atoms with E-state index in [-0.39, 0.29) is 24.8 Å². The second kappa shape index (κ2) is 8.00. The van der Waals surface area contributed by atoms with Gasteiger partial charge in [0.15, 0.2) is 0 Å². The summed E-state index contributed by atoms with van der Waals surface area (Å²) >= 11 is 0. The van der Waals surface area contributed by atoms with Crippen molar-refractivity contribution >= 4 is 24.8 Å². The van der Waals surface area contributed by atoms with Crippen molar-refractivity contribution in [2.75, 3.05) is 26.2 Å². The third-order valence-corrected chi connectivity index (χ3v) is 7.46. The average Bonchev–Trinajstić information content (AvgIpc) is 2.96. The standard InChI is InChI=1S/C19H35N3.2ClH/c20-13-18-10-19(11-18,12-18)14-22-7-3-4-15(9-22)8-17(21)16-5-1-2-6-16;;/h15-17H,1-14,20-21H2;2*1H. The zero-order chi connectivity index (χ0) is 15.2. The zero-order valence-electron chi connectivity index (χ0n) is 15.0. The van der Waals surface area contributed by atoms with Gasteiger partial charge in [0.25, 0.3) is 0 Å². The molecule has 0 amide bonds. The minimum absolute atomic E-state index is 0. The van der Waals surface area contributed by atoms with Gasteiger partial charge >= 0.3 is 0 Å². The summed E-state index contributed by atoms with van der Waals surface area (Å²) in [5.74, 6) is 1.69. The molecule has 24 heavy (non-hydrogen) atoms. The summed E-state index contributed by atoms with van der Waals surface area (Å²) in [6.45, 7) is 4.92. The van der Waals surface area contributed by atoms with Crippen LogP contribution in [-0.2, 0) is 0 Å². The largest absolute Gasteiger partial charge is 0.330 e. The van der Waals surface area contributed by atoms with Gasteiger partial charge in [0.1, 0.15) is 0 Å². The van der Waals surface area contributed by atoms with Gasteiger partial charge in [0, 0.05) is 19.1 Å². The third-order valence-electron chi connectivity index (χ3n) is 7.46. The molecule has 2 bridgehead atoms. The molecule has 0 aromatic carbocycles. The fourth-order valence-corrected chi connectivity index (χ4v) is 6.54. The number of rotatable bonds is 6. The third kappa shape index (κ3) is 3.91. The summed E-state index contributed by atoms with van der Waals surface area (Å²) < 4.78 is 0. The van der Waals surface area contributed by atoms with E-state index in [1.54, 1.807) is 0 Å². The summed E-state index contributed by atoms with van der Waals surface area (Å²) in [6.07, 6.45) is 13.9. The van der Waals surface area contributed by atoms with Crippen LogP contribution in [0, 0.1) is 22.7 Å². The van der Waals surface area contributed by atoms with Crippen LogP contribution >= 0.6 is 24.8 Å². The van der Waals surface area contributed by atoms with Crippen molar-refractivity contribution in [3.05, 3.63) is 0 Å². The molecule has 0 aromatic heterocycles. The molecule has 5 heteroatoms. The van der Waals surface area contributed by atoms with E-state index in [1.807, 2.05) is 0 Å². The fraction of sp³-hybridized carbons (Fsp3) is 1.00. The summed E-state index contributed by atoms with van der Waals surface area (Å²) in [6, 6.07) is 0.475. The predicted octanol–water partition coefficient (Wildman–Crippen LogP) is 3.58. The molecule has 1 heterocycles. The van der Waals surface area contributed by atoms with Crippen molar-refractivity contribution in [1.82, 2.24) is 4.90 Å². The second-order valence-electron chi connectivity index (χ2n) is 9.42. The van der Waals surface area contributed by atoms with Crippen molar-refractivity contribution in [2.24, 2.45) is 34.1 Å². The van der Waals surface area contributed by atoms with Crippen LogP contribution < -0.4 is 11.5 Å². The van der Waals surface area contributed by atoms with Gasteiger partial charge < -0.3 is 16.4 Å². The number of nitrogens with zero attached hydrogens (tertiary/aromatic N) is 1. The lowest BCUT2D eigenvalue weighted by atomic mass is 9.35. The highest BCUT2D eigenvalue weighted by molar-refractivity contribution is 5.85. The molecule has 0 spiro atoms. The van der Waals surface area contributed by atoms with Crippen LogP contribution in [0.15, 0.2) is 0 Å². The molecule has 3 nitrogen and oxygen atoms in total. The van der Waals surface area contributed by atoms with Crippen LogP contribution in [0.2, 0.25) is 0 Å². The number of hydrogen-bond donors (Lipinski definition) is 2. The van der Waals surface area contributed by atoms with E-state index in [2.05, 4.69) is 4.90 Å². The molecule has 0 aromatic rings. The van der Waals surface area contributed by atoms with Crippen molar-refractivity contribution in [2.45, 2.75) is 70.3 Å². The van der Waals surface area contributed by atoms with Gasteiger partial charge in [0.2, 0.25) is 0 Å². The fourth-order valence-electron chi connectivity index (χ4n) is 6.54. The lowest BCUT2D eigenvalue weighted by Gasteiger charge is -2.72. The number of nitrogens with two attached hydrogens (primary N) is 2. The van der Waals surface area contributed by atoms with Crippen molar-refractivity contribution < 1.29 is 0 Å². The van der Waals surface area contributed by atoms with Crippen LogP contribution in [0.25, 0.3) is 0 Å². The Morgan fingerprint density at radius 3 is 2.25 bits per heavy atom. The van der Waals surface area contributed by atoms with E-state index < -0.39 is 0 Å². The lowest BCUT2D eigenvalue weighted by molar-refractivity contribution is -0.208. The predicted molar refractivity (Wildman–Crippen MR) is 106 cm³/mol. The first kappa shape index (κ1) is 20.8. The quantitative estimate of drug-likeness (QED) is 0.743. The summed E-state index contributed by atoms with van der Waals surface area (Å²) in [5, 5.41) is 0. The molecule has 2 atom stereocenters. The van der Waals surface area contributed by atoms with Gasteiger partial charge in [-0.2, -0.15) is 0 Å². The van der Waals surface area contributed by atoms with Gasteiger partial charge in [0.05, 0.1) is 0 Å². The monoisotopic (exact) mass is 377 g/mol. The first-order valence-corrected chi connectivity index (χ1v) is 9.80. The van der Waals surface area contributed by atoms with Crippen LogP contribution in [-0.4, -0.2) is 37.1 Å². The first-order valence-electron chi connectivity index (χ1n) is 9.80. The normalized spacial score (nSPS) is 40.0. The Balaban J connectivity index is 0.00000104. The van der Waals surface area contributed by atoms with Crippen LogP contribution in [0.4, 0.5) is 0 Å². The molecule has 4 saturated carbocycles. The molecule has 5 rings (SSSR count). The number of piperidine rings is 1. The van der Waals surface area contributed by atoms with E-state index in [0.717, 1.165) is 18.4 Å². The van der Waals surface area contributed by atoms with Crippen molar-refractivity contribution in [3.63, 3.8) is 0 Å². The average molecular weight is 378 g/mol. The maximum absolute atomic E-state index is 6.53. The maximum atomic E-state index is 6.53. The van der Waals surface area contributed by atoms with E-state index >= 15 is 0 Å².